The average molecular weight is 292 g/mol. The van der Waals surface area contributed by atoms with Crippen LogP contribution in [0.5, 0.6) is 0 Å². The minimum atomic E-state index is -0.839. The van der Waals surface area contributed by atoms with E-state index >= 15 is 0 Å². The van der Waals surface area contributed by atoms with Crippen molar-refractivity contribution in [3.8, 4) is 0 Å². The summed E-state index contributed by atoms with van der Waals surface area (Å²) in [4.78, 5) is 25.7. The van der Waals surface area contributed by atoms with Crippen molar-refractivity contribution in [1.82, 2.24) is 10.3 Å². The smallest absolute Gasteiger partial charge is 0.313 e. The number of rotatable bonds is 6. The fourth-order valence-corrected chi connectivity index (χ4v) is 2.62. The lowest BCUT2D eigenvalue weighted by Crippen LogP contribution is -2.26. The van der Waals surface area contributed by atoms with Gasteiger partial charge < -0.3 is 15.4 Å². The van der Waals surface area contributed by atoms with Crippen LogP contribution in [-0.4, -0.2) is 40.0 Å². The van der Waals surface area contributed by atoms with Crippen molar-refractivity contribution >= 4 is 34.5 Å². The molecule has 1 heterocycles. The average Bonchev–Trinajstić information content (AvgIpc) is 2.73. The monoisotopic (exact) mass is 292 g/mol. The highest BCUT2D eigenvalue weighted by Gasteiger charge is 2.14. The number of hydrogen-bond acceptors (Lipinski definition) is 3. The lowest BCUT2D eigenvalue weighted by atomic mass is 10.1. The van der Waals surface area contributed by atoms with Gasteiger partial charge in [-0.15, -0.1) is 11.8 Å². The molecule has 0 bridgehead atoms. The Morgan fingerprint density at radius 2 is 2.10 bits per heavy atom. The van der Waals surface area contributed by atoms with Gasteiger partial charge in [0.05, 0.1) is 11.3 Å². The summed E-state index contributed by atoms with van der Waals surface area (Å²) in [6.45, 7) is 2.32. The number of H-pyrrole nitrogens is 1. The zero-order chi connectivity index (χ0) is 14.5. The summed E-state index contributed by atoms with van der Waals surface area (Å²) in [5.74, 6) is -0.328. The zero-order valence-corrected chi connectivity index (χ0v) is 11.9. The number of benzene rings is 1. The molecule has 1 amide bonds. The Morgan fingerprint density at radius 3 is 2.85 bits per heavy atom. The van der Waals surface area contributed by atoms with E-state index in [0.29, 0.717) is 17.9 Å². The van der Waals surface area contributed by atoms with Crippen LogP contribution in [0.2, 0.25) is 0 Å². The highest BCUT2D eigenvalue weighted by atomic mass is 32.2. The van der Waals surface area contributed by atoms with E-state index in [2.05, 4.69) is 10.3 Å². The van der Waals surface area contributed by atoms with Crippen LogP contribution in [0.4, 0.5) is 0 Å². The van der Waals surface area contributed by atoms with E-state index in [1.54, 1.807) is 0 Å². The van der Waals surface area contributed by atoms with Gasteiger partial charge in [0, 0.05) is 28.9 Å². The summed E-state index contributed by atoms with van der Waals surface area (Å²) in [6.07, 6.45) is 0. The predicted molar refractivity (Wildman–Crippen MR) is 80.3 cm³/mol. The number of carbonyl (C=O) groups excluding carboxylic acids is 1. The molecule has 0 spiro atoms. The maximum atomic E-state index is 12.2. The Hall–Kier alpha value is -1.95. The Kier molecular flexibility index (Phi) is 4.68. The summed E-state index contributed by atoms with van der Waals surface area (Å²) in [7, 11) is 0. The molecule has 0 saturated heterocycles. The van der Waals surface area contributed by atoms with Crippen molar-refractivity contribution < 1.29 is 14.7 Å². The quantitative estimate of drug-likeness (QED) is 0.711. The van der Waals surface area contributed by atoms with Gasteiger partial charge in [0.2, 0.25) is 0 Å². The molecule has 0 radical (unpaired) electrons. The lowest BCUT2D eigenvalue weighted by Gasteiger charge is -2.04. The van der Waals surface area contributed by atoms with Crippen LogP contribution in [0.3, 0.4) is 0 Å². The molecule has 0 aliphatic heterocycles. The maximum absolute atomic E-state index is 12.2. The third kappa shape index (κ3) is 3.33. The van der Waals surface area contributed by atoms with Crippen molar-refractivity contribution in [2.24, 2.45) is 0 Å². The fraction of sp³-hybridized carbons (Fsp3) is 0.286. The number of aryl methyl sites for hydroxylation is 1. The predicted octanol–water partition coefficient (Wildman–Crippen LogP) is 2.02. The number of amides is 1. The third-order valence-electron chi connectivity index (χ3n) is 2.88. The van der Waals surface area contributed by atoms with Crippen LogP contribution in [0.15, 0.2) is 24.3 Å². The van der Waals surface area contributed by atoms with Gasteiger partial charge >= 0.3 is 5.97 Å². The number of aromatic amines is 1. The number of hydrogen-bond donors (Lipinski definition) is 3. The summed E-state index contributed by atoms with van der Waals surface area (Å²) in [5.41, 5.74) is 2.43. The van der Waals surface area contributed by atoms with Gasteiger partial charge in [-0.05, 0) is 13.0 Å². The topological polar surface area (TPSA) is 82.2 Å². The first kappa shape index (κ1) is 14.5. The molecule has 2 aromatic rings. The van der Waals surface area contributed by atoms with E-state index in [1.165, 1.54) is 11.8 Å². The molecule has 1 aromatic heterocycles. The second-order valence-corrected chi connectivity index (χ2v) is 5.48. The van der Waals surface area contributed by atoms with Crippen LogP contribution in [-0.2, 0) is 4.79 Å². The molecule has 2 rings (SSSR count). The van der Waals surface area contributed by atoms with Crippen molar-refractivity contribution in [3.05, 3.63) is 35.5 Å². The summed E-state index contributed by atoms with van der Waals surface area (Å²) >= 11 is 1.29. The highest BCUT2D eigenvalue weighted by molar-refractivity contribution is 7.99. The largest absolute Gasteiger partial charge is 0.481 e. The third-order valence-corrected chi connectivity index (χ3v) is 3.82. The first-order valence-electron chi connectivity index (χ1n) is 6.24. The molecule has 0 aliphatic rings. The van der Waals surface area contributed by atoms with Gasteiger partial charge in [-0.3, -0.25) is 9.59 Å². The molecule has 0 unspecified atom stereocenters. The van der Waals surface area contributed by atoms with Gasteiger partial charge in [-0.1, -0.05) is 18.2 Å². The highest BCUT2D eigenvalue weighted by Crippen LogP contribution is 2.21. The van der Waals surface area contributed by atoms with Gasteiger partial charge in [-0.2, -0.15) is 0 Å². The molecule has 1 aromatic carbocycles. The van der Waals surface area contributed by atoms with Crippen LogP contribution in [0, 0.1) is 6.92 Å². The number of thioether (sulfide) groups is 1. The Bertz CT molecular complexity index is 636. The van der Waals surface area contributed by atoms with E-state index in [-0.39, 0.29) is 11.7 Å². The Labute approximate surface area is 120 Å². The van der Waals surface area contributed by atoms with Crippen LogP contribution in [0.25, 0.3) is 10.9 Å². The molecule has 0 atom stereocenters. The van der Waals surface area contributed by atoms with E-state index in [0.717, 1.165) is 16.6 Å². The standard InChI is InChI=1S/C14H16N2O3S/c1-9-13(10-4-2-3-5-11(10)16-9)14(19)15-6-7-20-8-12(17)18/h2-5,16H,6-8H2,1H3,(H,15,19)(H,17,18). The second kappa shape index (κ2) is 6.47. The number of nitrogens with one attached hydrogen (secondary N) is 2. The molecule has 20 heavy (non-hydrogen) atoms. The van der Waals surface area contributed by atoms with Crippen LogP contribution in [0.1, 0.15) is 16.1 Å². The zero-order valence-electron chi connectivity index (χ0n) is 11.1. The molecule has 6 heteroatoms. The van der Waals surface area contributed by atoms with Crippen molar-refractivity contribution in [2.45, 2.75) is 6.92 Å². The van der Waals surface area contributed by atoms with E-state index in [4.69, 9.17) is 5.11 Å². The number of carbonyl (C=O) groups is 2. The van der Waals surface area contributed by atoms with Gasteiger partial charge in [0.1, 0.15) is 0 Å². The molecule has 0 aliphatic carbocycles. The van der Waals surface area contributed by atoms with Crippen molar-refractivity contribution in [2.75, 3.05) is 18.1 Å². The van der Waals surface area contributed by atoms with Crippen molar-refractivity contribution in [1.29, 1.82) is 0 Å². The normalized spacial score (nSPS) is 10.7. The second-order valence-electron chi connectivity index (χ2n) is 4.37. The molecule has 0 saturated carbocycles. The van der Waals surface area contributed by atoms with Gasteiger partial charge in [-0.25, -0.2) is 0 Å². The fourth-order valence-electron chi connectivity index (χ4n) is 2.05. The summed E-state index contributed by atoms with van der Waals surface area (Å²) < 4.78 is 0. The molecule has 3 N–H and O–H groups in total. The molecule has 5 nitrogen and oxygen atoms in total. The molecular formula is C14H16N2O3S. The molecular weight excluding hydrogens is 276 g/mol. The van der Waals surface area contributed by atoms with Gasteiger partial charge in [0.15, 0.2) is 0 Å². The molecule has 0 fully saturated rings. The maximum Gasteiger partial charge on any atom is 0.313 e. The van der Waals surface area contributed by atoms with Gasteiger partial charge in [0.25, 0.3) is 5.91 Å². The molecule has 106 valence electrons. The number of aromatic nitrogens is 1. The Morgan fingerprint density at radius 1 is 1.35 bits per heavy atom. The number of aliphatic carboxylic acids is 1. The van der Waals surface area contributed by atoms with E-state index in [9.17, 15) is 9.59 Å². The summed E-state index contributed by atoms with van der Waals surface area (Å²) in [6, 6.07) is 7.66. The minimum Gasteiger partial charge on any atom is -0.481 e. The number of carboxylic acid groups (broad SMARTS) is 1. The number of carboxylic acids is 1. The number of fused-ring (bicyclic) bond motifs is 1. The van der Waals surface area contributed by atoms with E-state index in [1.807, 2.05) is 31.2 Å². The number of para-hydroxylation sites is 1. The van der Waals surface area contributed by atoms with Crippen LogP contribution < -0.4 is 5.32 Å². The van der Waals surface area contributed by atoms with Crippen molar-refractivity contribution in [3.63, 3.8) is 0 Å². The lowest BCUT2D eigenvalue weighted by molar-refractivity contribution is -0.133. The minimum absolute atomic E-state index is 0.0575. The first-order chi connectivity index (χ1) is 9.59. The summed E-state index contributed by atoms with van der Waals surface area (Å²) in [5, 5.41) is 12.2. The van der Waals surface area contributed by atoms with E-state index < -0.39 is 5.97 Å². The Balaban J connectivity index is 1.97. The first-order valence-corrected chi connectivity index (χ1v) is 7.40. The SMILES string of the molecule is Cc1[nH]c2ccccc2c1C(=O)NCCSCC(=O)O. The van der Waals surface area contributed by atoms with Crippen LogP contribution >= 0.6 is 11.8 Å².